The van der Waals surface area contributed by atoms with E-state index in [-0.39, 0.29) is 0 Å². The molecule has 0 amide bonds. The van der Waals surface area contributed by atoms with Gasteiger partial charge < -0.3 is 5.11 Å². The number of thioether (sulfide) groups is 1. The van der Waals surface area contributed by atoms with E-state index in [2.05, 4.69) is 11.8 Å². The first-order valence-electron chi connectivity index (χ1n) is 6.26. The first-order chi connectivity index (χ1) is 7.66. The maximum Gasteiger partial charge on any atom is 0.304 e. The Bertz CT molecular complexity index is 259. The van der Waals surface area contributed by atoms with Crippen LogP contribution in [-0.4, -0.2) is 45.6 Å². The first-order valence-corrected chi connectivity index (χ1v) is 7.31. The maximum absolute atomic E-state index is 10.9. The molecule has 2 heterocycles. The molecule has 1 N–H and O–H groups in total. The number of hydrogen-bond donors (Lipinski definition) is 1. The monoisotopic (exact) mass is 243 g/mol. The number of rotatable bonds is 3. The fraction of sp³-hybridized carbons (Fsp3) is 0.917. The molecule has 2 fully saturated rings. The summed E-state index contributed by atoms with van der Waals surface area (Å²) in [5, 5.41) is 9.69. The third-order valence-corrected chi connectivity index (χ3v) is 5.07. The number of piperidine rings is 1. The fourth-order valence-corrected chi connectivity index (χ4v) is 4.19. The lowest BCUT2D eigenvalue weighted by Gasteiger charge is -2.39. The largest absolute Gasteiger partial charge is 0.481 e. The van der Waals surface area contributed by atoms with Crippen molar-refractivity contribution in [3.8, 4) is 0 Å². The summed E-state index contributed by atoms with van der Waals surface area (Å²) in [7, 11) is 0. The molecule has 2 aliphatic heterocycles. The van der Waals surface area contributed by atoms with Gasteiger partial charge in [-0.2, -0.15) is 11.8 Å². The molecule has 0 aromatic heterocycles. The van der Waals surface area contributed by atoms with Gasteiger partial charge in [0.25, 0.3) is 0 Å². The Kier molecular flexibility index (Phi) is 4.14. The van der Waals surface area contributed by atoms with Gasteiger partial charge in [-0.25, -0.2) is 0 Å². The molecule has 2 aliphatic rings. The summed E-state index contributed by atoms with van der Waals surface area (Å²) in [5.74, 6) is 0.549. The van der Waals surface area contributed by atoms with Gasteiger partial charge in [-0.15, -0.1) is 0 Å². The van der Waals surface area contributed by atoms with E-state index < -0.39 is 5.97 Å². The first kappa shape index (κ1) is 12.2. The van der Waals surface area contributed by atoms with Gasteiger partial charge in [0.1, 0.15) is 0 Å². The van der Waals surface area contributed by atoms with Crippen LogP contribution < -0.4 is 0 Å². The molecule has 2 rings (SSSR count). The Morgan fingerprint density at radius 3 is 2.94 bits per heavy atom. The normalized spacial score (nSPS) is 36.4. The average Bonchev–Trinajstić information content (AvgIpc) is 2.65. The molecule has 92 valence electrons. The van der Waals surface area contributed by atoms with Crippen molar-refractivity contribution < 1.29 is 9.90 Å². The Labute approximate surface area is 102 Å². The molecule has 0 saturated carbocycles. The van der Waals surface area contributed by atoms with E-state index in [1.54, 1.807) is 0 Å². The van der Waals surface area contributed by atoms with Crippen LogP contribution in [0.15, 0.2) is 0 Å². The number of carboxylic acid groups (broad SMARTS) is 1. The summed E-state index contributed by atoms with van der Waals surface area (Å²) >= 11 is 2.03. The second kappa shape index (κ2) is 5.41. The van der Waals surface area contributed by atoms with Gasteiger partial charge in [-0.3, -0.25) is 9.69 Å². The SMILES string of the molecule is CC1CC(N2CCCCC2CC(=O)O)CS1. The van der Waals surface area contributed by atoms with Crippen LogP contribution in [0.5, 0.6) is 0 Å². The van der Waals surface area contributed by atoms with E-state index in [0.29, 0.717) is 18.5 Å². The van der Waals surface area contributed by atoms with Crippen molar-refractivity contribution in [1.29, 1.82) is 0 Å². The molecule has 3 nitrogen and oxygen atoms in total. The minimum Gasteiger partial charge on any atom is -0.481 e. The van der Waals surface area contributed by atoms with E-state index in [1.165, 1.54) is 25.0 Å². The van der Waals surface area contributed by atoms with E-state index in [4.69, 9.17) is 5.11 Å². The Hall–Kier alpha value is -0.220. The number of nitrogens with zero attached hydrogens (tertiary/aromatic N) is 1. The van der Waals surface area contributed by atoms with Crippen LogP contribution in [0.2, 0.25) is 0 Å². The summed E-state index contributed by atoms with van der Waals surface area (Å²) in [4.78, 5) is 13.3. The van der Waals surface area contributed by atoms with Crippen molar-refractivity contribution in [2.24, 2.45) is 0 Å². The lowest BCUT2D eigenvalue weighted by atomic mass is 9.96. The van der Waals surface area contributed by atoms with E-state index in [1.807, 2.05) is 11.8 Å². The van der Waals surface area contributed by atoms with Crippen molar-refractivity contribution in [1.82, 2.24) is 4.90 Å². The smallest absolute Gasteiger partial charge is 0.304 e. The van der Waals surface area contributed by atoms with Gasteiger partial charge in [0.2, 0.25) is 0 Å². The molecule has 0 aromatic rings. The molecule has 3 atom stereocenters. The summed E-state index contributed by atoms with van der Waals surface area (Å²) in [5.41, 5.74) is 0. The Balaban J connectivity index is 1.96. The van der Waals surface area contributed by atoms with Gasteiger partial charge in [-0.05, 0) is 25.8 Å². The Morgan fingerprint density at radius 2 is 2.31 bits per heavy atom. The van der Waals surface area contributed by atoms with Gasteiger partial charge >= 0.3 is 5.97 Å². The number of likely N-dealkylation sites (tertiary alicyclic amines) is 1. The second-order valence-electron chi connectivity index (χ2n) is 5.02. The van der Waals surface area contributed by atoms with Crippen molar-refractivity contribution in [2.45, 2.75) is 56.4 Å². The fourth-order valence-electron chi connectivity index (χ4n) is 2.95. The summed E-state index contributed by atoms with van der Waals surface area (Å²) in [6.07, 6.45) is 5.08. The predicted octanol–water partition coefficient (Wildman–Crippen LogP) is 2.21. The van der Waals surface area contributed by atoms with Crippen molar-refractivity contribution >= 4 is 17.7 Å². The van der Waals surface area contributed by atoms with Crippen LogP contribution in [0, 0.1) is 0 Å². The summed E-state index contributed by atoms with van der Waals surface area (Å²) in [6.45, 7) is 3.39. The summed E-state index contributed by atoms with van der Waals surface area (Å²) in [6, 6.07) is 0.923. The molecule has 0 aliphatic carbocycles. The van der Waals surface area contributed by atoms with Crippen LogP contribution in [0.25, 0.3) is 0 Å². The second-order valence-corrected chi connectivity index (χ2v) is 6.49. The van der Waals surface area contributed by atoms with Crippen molar-refractivity contribution in [3.63, 3.8) is 0 Å². The molecule has 2 saturated heterocycles. The van der Waals surface area contributed by atoms with Crippen LogP contribution in [0.3, 0.4) is 0 Å². The molecule has 4 heteroatoms. The number of carboxylic acids is 1. The third-order valence-electron chi connectivity index (χ3n) is 3.73. The molecule has 16 heavy (non-hydrogen) atoms. The molecule has 0 bridgehead atoms. The van der Waals surface area contributed by atoms with Crippen LogP contribution in [0.4, 0.5) is 0 Å². The highest BCUT2D eigenvalue weighted by molar-refractivity contribution is 8.00. The highest BCUT2D eigenvalue weighted by Gasteiger charge is 2.34. The minimum atomic E-state index is -0.643. The van der Waals surface area contributed by atoms with Crippen LogP contribution >= 0.6 is 11.8 Å². The standard InChI is InChI=1S/C12H21NO2S/c1-9-6-11(8-16-9)13-5-3-2-4-10(13)7-12(14)15/h9-11H,2-8H2,1H3,(H,14,15). The molecule has 0 aromatic carbocycles. The van der Waals surface area contributed by atoms with Gasteiger partial charge in [-0.1, -0.05) is 13.3 Å². The van der Waals surface area contributed by atoms with E-state index in [9.17, 15) is 4.79 Å². The molecular formula is C12H21NO2S. The van der Waals surface area contributed by atoms with Gasteiger partial charge in [0.15, 0.2) is 0 Å². The molecule has 0 spiro atoms. The number of aliphatic carboxylic acids is 1. The number of carbonyl (C=O) groups is 1. The van der Waals surface area contributed by atoms with Crippen LogP contribution in [-0.2, 0) is 4.79 Å². The maximum atomic E-state index is 10.9. The predicted molar refractivity (Wildman–Crippen MR) is 66.9 cm³/mol. The zero-order valence-electron chi connectivity index (χ0n) is 9.89. The highest BCUT2D eigenvalue weighted by atomic mass is 32.2. The van der Waals surface area contributed by atoms with Gasteiger partial charge in [0.05, 0.1) is 6.42 Å². The van der Waals surface area contributed by atoms with Crippen molar-refractivity contribution in [2.75, 3.05) is 12.3 Å². The van der Waals surface area contributed by atoms with E-state index in [0.717, 1.165) is 18.2 Å². The number of hydrogen-bond acceptors (Lipinski definition) is 3. The van der Waals surface area contributed by atoms with Gasteiger partial charge in [0, 0.05) is 23.1 Å². The summed E-state index contributed by atoms with van der Waals surface area (Å²) < 4.78 is 0. The molecule has 0 radical (unpaired) electrons. The molecular weight excluding hydrogens is 222 g/mol. The van der Waals surface area contributed by atoms with Crippen LogP contribution in [0.1, 0.15) is 39.0 Å². The minimum absolute atomic E-state index is 0.294. The Morgan fingerprint density at radius 1 is 1.50 bits per heavy atom. The lowest BCUT2D eigenvalue weighted by Crippen LogP contribution is -2.47. The zero-order chi connectivity index (χ0) is 11.5. The highest BCUT2D eigenvalue weighted by Crippen LogP contribution is 2.33. The topological polar surface area (TPSA) is 40.5 Å². The quantitative estimate of drug-likeness (QED) is 0.825. The zero-order valence-corrected chi connectivity index (χ0v) is 10.7. The lowest BCUT2D eigenvalue weighted by molar-refractivity contribution is -0.139. The third kappa shape index (κ3) is 2.92. The molecule has 3 unspecified atom stereocenters. The average molecular weight is 243 g/mol. The van der Waals surface area contributed by atoms with E-state index >= 15 is 0 Å². The van der Waals surface area contributed by atoms with Crippen molar-refractivity contribution in [3.05, 3.63) is 0 Å².